The monoisotopic (exact) mass is 233 g/mol. The zero-order chi connectivity index (χ0) is 12.3. The number of hydrogen-bond acceptors (Lipinski definition) is 2. The topological polar surface area (TPSA) is 35.2 Å². The molecule has 0 radical (unpaired) electrons. The fourth-order valence-electron chi connectivity index (χ4n) is 1.24. The van der Waals surface area contributed by atoms with E-state index in [1.54, 1.807) is 19.9 Å². The van der Waals surface area contributed by atoms with Gasteiger partial charge >= 0.3 is 6.18 Å². The first kappa shape index (κ1) is 12.8. The van der Waals surface area contributed by atoms with Crippen LogP contribution >= 0.6 is 0 Å². The summed E-state index contributed by atoms with van der Waals surface area (Å²) in [5, 5.41) is 0. The molecule has 90 valence electrons. The second-order valence-corrected chi connectivity index (χ2v) is 3.76. The fraction of sp³-hybridized carbons (Fsp3) is 0.455. The van der Waals surface area contributed by atoms with Crippen molar-refractivity contribution < 1.29 is 17.9 Å². The second kappa shape index (κ2) is 4.74. The van der Waals surface area contributed by atoms with Crippen molar-refractivity contribution in [1.29, 1.82) is 0 Å². The van der Waals surface area contributed by atoms with E-state index in [1.807, 2.05) is 0 Å². The summed E-state index contributed by atoms with van der Waals surface area (Å²) in [7, 11) is 0. The van der Waals surface area contributed by atoms with Crippen molar-refractivity contribution >= 4 is 0 Å². The molecular formula is C11H14F3NO. The Morgan fingerprint density at radius 3 is 2.38 bits per heavy atom. The van der Waals surface area contributed by atoms with Crippen LogP contribution in [0.2, 0.25) is 0 Å². The summed E-state index contributed by atoms with van der Waals surface area (Å²) in [5.74, 6) is 0.396. The van der Waals surface area contributed by atoms with Gasteiger partial charge in [0.25, 0.3) is 0 Å². The maximum absolute atomic E-state index is 12.4. The lowest BCUT2D eigenvalue weighted by Crippen LogP contribution is -2.28. The summed E-state index contributed by atoms with van der Waals surface area (Å²) in [6, 6.07) is 3.79. The quantitative estimate of drug-likeness (QED) is 0.870. The summed E-state index contributed by atoms with van der Waals surface area (Å²) in [6.07, 6.45) is -4.52. The maximum atomic E-state index is 12.4. The van der Waals surface area contributed by atoms with Gasteiger partial charge in [-0.2, -0.15) is 13.2 Å². The molecule has 0 aliphatic heterocycles. The van der Waals surface area contributed by atoms with Gasteiger partial charge in [0.1, 0.15) is 11.8 Å². The molecule has 0 heterocycles. The molecule has 0 aliphatic rings. The Balaban J connectivity index is 2.90. The first-order chi connectivity index (χ1) is 7.30. The predicted octanol–water partition coefficient (Wildman–Crippen LogP) is 3.04. The number of hydrogen-bond donors (Lipinski definition) is 1. The third-order valence-corrected chi connectivity index (χ3v) is 1.94. The molecule has 1 atom stereocenters. The Morgan fingerprint density at radius 1 is 1.25 bits per heavy atom. The van der Waals surface area contributed by atoms with E-state index in [2.05, 4.69) is 0 Å². The van der Waals surface area contributed by atoms with Gasteiger partial charge in [-0.15, -0.1) is 0 Å². The van der Waals surface area contributed by atoms with Gasteiger partial charge in [-0.05, 0) is 31.5 Å². The van der Waals surface area contributed by atoms with Crippen LogP contribution in [0.25, 0.3) is 0 Å². The van der Waals surface area contributed by atoms with Crippen LogP contribution in [0, 0.1) is 0 Å². The molecule has 0 fully saturated rings. The lowest BCUT2D eigenvalue weighted by Gasteiger charge is -2.17. The van der Waals surface area contributed by atoms with E-state index in [1.165, 1.54) is 18.2 Å². The average Bonchev–Trinajstić information content (AvgIpc) is 2.14. The number of nitrogens with two attached hydrogens (primary N) is 1. The highest BCUT2D eigenvalue weighted by molar-refractivity contribution is 5.31. The van der Waals surface area contributed by atoms with Gasteiger partial charge in [0, 0.05) is 0 Å². The standard InChI is InChI=1S/C11H14F3NO/c1-7(2)16-9-5-3-4-8(6-9)10(15)11(12,13)14/h3-7,10H,15H2,1-2H3. The molecular weight excluding hydrogens is 219 g/mol. The highest BCUT2D eigenvalue weighted by Gasteiger charge is 2.37. The third-order valence-electron chi connectivity index (χ3n) is 1.94. The van der Waals surface area contributed by atoms with Crippen molar-refractivity contribution in [2.75, 3.05) is 0 Å². The molecule has 0 spiro atoms. The third kappa shape index (κ3) is 3.41. The number of benzene rings is 1. The Labute approximate surface area is 92.2 Å². The molecule has 1 unspecified atom stereocenters. The van der Waals surface area contributed by atoms with Crippen molar-refractivity contribution in [2.24, 2.45) is 5.73 Å². The molecule has 0 amide bonds. The van der Waals surface area contributed by atoms with Crippen LogP contribution in [0.5, 0.6) is 5.75 Å². The van der Waals surface area contributed by atoms with Crippen molar-refractivity contribution in [1.82, 2.24) is 0 Å². The summed E-state index contributed by atoms with van der Waals surface area (Å²) in [5.41, 5.74) is 5.10. The fourth-order valence-corrected chi connectivity index (χ4v) is 1.24. The zero-order valence-electron chi connectivity index (χ0n) is 9.08. The van der Waals surface area contributed by atoms with Crippen LogP contribution in [0.15, 0.2) is 24.3 Å². The minimum absolute atomic E-state index is 0.00523. The summed E-state index contributed by atoms with van der Waals surface area (Å²) in [6.45, 7) is 3.60. The molecule has 1 aromatic carbocycles. The Hall–Kier alpha value is -1.23. The first-order valence-corrected chi connectivity index (χ1v) is 4.89. The molecule has 16 heavy (non-hydrogen) atoms. The van der Waals surface area contributed by atoms with Crippen LogP contribution in [-0.2, 0) is 0 Å². The first-order valence-electron chi connectivity index (χ1n) is 4.89. The van der Waals surface area contributed by atoms with Crippen LogP contribution in [0.4, 0.5) is 13.2 Å². The average molecular weight is 233 g/mol. The molecule has 2 nitrogen and oxygen atoms in total. The lowest BCUT2D eigenvalue weighted by atomic mass is 10.1. The van der Waals surface area contributed by atoms with Gasteiger partial charge in [-0.25, -0.2) is 0 Å². The number of rotatable bonds is 3. The van der Waals surface area contributed by atoms with Gasteiger partial charge in [0.15, 0.2) is 0 Å². The minimum atomic E-state index is -4.43. The van der Waals surface area contributed by atoms with Gasteiger partial charge < -0.3 is 10.5 Å². The molecule has 1 aromatic rings. The Kier molecular flexibility index (Phi) is 3.80. The molecule has 1 rings (SSSR count). The predicted molar refractivity (Wildman–Crippen MR) is 55.2 cm³/mol. The highest BCUT2D eigenvalue weighted by Crippen LogP contribution is 2.31. The maximum Gasteiger partial charge on any atom is 0.407 e. The lowest BCUT2D eigenvalue weighted by molar-refractivity contribution is -0.149. The molecule has 5 heteroatoms. The molecule has 2 N–H and O–H groups in total. The summed E-state index contributed by atoms with van der Waals surface area (Å²) in [4.78, 5) is 0. The molecule has 0 aliphatic carbocycles. The van der Waals surface area contributed by atoms with Crippen LogP contribution < -0.4 is 10.5 Å². The van der Waals surface area contributed by atoms with Crippen LogP contribution in [0.1, 0.15) is 25.5 Å². The Bertz CT molecular complexity index is 349. The molecule has 0 bridgehead atoms. The molecule has 0 saturated heterocycles. The van der Waals surface area contributed by atoms with Gasteiger partial charge in [0.05, 0.1) is 6.10 Å². The Morgan fingerprint density at radius 2 is 1.88 bits per heavy atom. The summed E-state index contributed by atoms with van der Waals surface area (Å²) >= 11 is 0. The van der Waals surface area contributed by atoms with E-state index in [-0.39, 0.29) is 11.7 Å². The second-order valence-electron chi connectivity index (χ2n) is 3.76. The zero-order valence-corrected chi connectivity index (χ0v) is 9.08. The van der Waals surface area contributed by atoms with E-state index in [9.17, 15) is 13.2 Å². The van der Waals surface area contributed by atoms with Gasteiger partial charge in [-0.1, -0.05) is 12.1 Å². The minimum Gasteiger partial charge on any atom is -0.491 e. The SMILES string of the molecule is CC(C)Oc1cccc(C(N)C(F)(F)F)c1. The van der Waals surface area contributed by atoms with Crippen molar-refractivity contribution in [3.8, 4) is 5.75 Å². The van der Waals surface area contributed by atoms with Crippen molar-refractivity contribution in [3.05, 3.63) is 29.8 Å². The smallest absolute Gasteiger partial charge is 0.407 e. The van der Waals surface area contributed by atoms with Crippen molar-refractivity contribution in [3.63, 3.8) is 0 Å². The van der Waals surface area contributed by atoms with Crippen LogP contribution in [-0.4, -0.2) is 12.3 Å². The molecule has 0 saturated carbocycles. The van der Waals surface area contributed by atoms with E-state index < -0.39 is 12.2 Å². The number of ether oxygens (including phenoxy) is 1. The van der Waals surface area contributed by atoms with Gasteiger partial charge in [0.2, 0.25) is 0 Å². The van der Waals surface area contributed by atoms with E-state index in [0.717, 1.165) is 0 Å². The number of halogens is 3. The van der Waals surface area contributed by atoms with Gasteiger partial charge in [-0.3, -0.25) is 0 Å². The molecule has 0 aromatic heterocycles. The normalized spacial score (nSPS) is 13.9. The summed E-state index contributed by atoms with van der Waals surface area (Å²) < 4.78 is 42.4. The largest absolute Gasteiger partial charge is 0.491 e. The van der Waals surface area contributed by atoms with E-state index in [0.29, 0.717) is 5.75 Å². The van der Waals surface area contributed by atoms with Crippen LogP contribution in [0.3, 0.4) is 0 Å². The van der Waals surface area contributed by atoms with E-state index in [4.69, 9.17) is 10.5 Å². The van der Waals surface area contributed by atoms with E-state index >= 15 is 0 Å². The highest BCUT2D eigenvalue weighted by atomic mass is 19.4. The number of alkyl halides is 3. The van der Waals surface area contributed by atoms with Crippen molar-refractivity contribution in [2.45, 2.75) is 32.2 Å².